The van der Waals surface area contributed by atoms with Gasteiger partial charge in [0.15, 0.2) is 17.4 Å². The van der Waals surface area contributed by atoms with Gasteiger partial charge in [0.1, 0.15) is 17.0 Å². The molecule has 10 nitrogen and oxygen atoms in total. The van der Waals surface area contributed by atoms with Crippen LogP contribution >= 0.6 is 0 Å². The number of para-hydroxylation sites is 1. The minimum Gasteiger partial charge on any atom is -0.453 e. The quantitative estimate of drug-likeness (QED) is 0.293. The number of pyridine rings is 1. The van der Waals surface area contributed by atoms with E-state index in [2.05, 4.69) is 15.6 Å². The summed E-state index contributed by atoms with van der Waals surface area (Å²) in [7, 11) is 0. The van der Waals surface area contributed by atoms with Gasteiger partial charge in [-0.25, -0.2) is 14.1 Å². The summed E-state index contributed by atoms with van der Waals surface area (Å²) in [5.74, 6) is -0.598. The van der Waals surface area contributed by atoms with Crippen molar-refractivity contribution < 1.29 is 18.7 Å². The first-order valence-corrected chi connectivity index (χ1v) is 12.9. The fourth-order valence-electron chi connectivity index (χ4n) is 4.37. The summed E-state index contributed by atoms with van der Waals surface area (Å²) in [6, 6.07) is 16.3. The molecule has 1 aliphatic rings. The number of aryl methyl sites for hydroxylation is 1. The standard InChI is InChI=1S/C29H25FN6O4/c1-2-35-16-22(29(39)36(35)20-6-4-3-5-7-20)28(38)31-19-10-12-24(23(30)14-19)40-21-11-13-26-32-25(17-34(26)15-21)33-27(37)18-8-9-18/h3-7,10-18H,2,8-9H2,1H3,(H,31,38)(H,33,37). The molecule has 2 amide bonds. The number of ether oxygens (including phenoxy) is 1. The molecule has 2 aromatic carbocycles. The van der Waals surface area contributed by atoms with Crippen molar-refractivity contribution in [2.75, 3.05) is 10.6 Å². The average molecular weight is 541 g/mol. The lowest BCUT2D eigenvalue weighted by atomic mass is 10.2. The molecule has 0 saturated heterocycles. The molecule has 202 valence electrons. The van der Waals surface area contributed by atoms with Crippen molar-refractivity contribution >= 4 is 29.0 Å². The van der Waals surface area contributed by atoms with Crippen molar-refractivity contribution in [2.24, 2.45) is 5.92 Å². The molecule has 3 heterocycles. The molecule has 11 heteroatoms. The predicted molar refractivity (Wildman–Crippen MR) is 147 cm³/mol. The Morgan fingerprint density at radius 3 is 2.55 bits per heavy atom. The molecule has 0 spiro atoms. The van der Waals surface area contributed by atoms with Crippen LogP contribution < -0.4 is 20.9 Å². The molecule has 0 bridgehead atoms. The summed E-state index contributed by atoms with van der Waals surface area (Å²) < 4.78 is 25.4. The molecule has 6 rings (SSSR count). The van der Waals surface area contributed by atoms with E-state index in [1.807, 2.05) is 13.0 Å². The van der Waals surface area contributed by atoms with Crippen molar-refractivity contribution in [1.82, 2.24) is 18.7 Å². The number of benzene rings is 2. The third-order valence-corrected chi connectivity index (χ3v) is 6.57. The second-order valence-corrected chi connectivity index (χ2v) is 9.47. The van der Waals surface area contributed by atoms with Crippen LogP contribution in [0.15, 0.2) is 84.0 Å². The van der Waals surface area contributed by atoms with E-state index in [4.69, 9.17) is 4.74 Å². The molecule has 1 fully saturated rings. The van der Waals surface area contributed by atoms with Crippen molar-refractivity contribution in [3.05, 3.63) is 101 Å². The first-order valence-electron chi connectivity index (χ1n) is 12.9. The Labute approximate surface area is 227 Å². The largest absolute Gasteiger partial charge is 0.453 e. The zero-order valence-electron chi connectivity index (χ0n) is 21.5. The molecule has 0 atom stereocenters. The molecular weight excluding hydrogens is 515 g/mol. The maximum atomic E-state index is 14.9. The maximum Gasteiger partial charge on any atom is 0.284 e. The lowest BCUT2D eigenvalue weighted by Crippen LogP contribution is -2.25. The van der Waals surface area contributed by atoms with Crippen LogP contribution in [0.1, 0.15) is 30.1 Å². The lowest BCUT2D eigenvalue weighted by Gasteiger charge is -2.09. The highest BCUT2D eigenvalue weighted by Gasteiger charge is 2.30. The number of amides is 2. The molecular formula is C29H25FN6O4. The van der Waals surface area contributed by atoms with Crippen LogP contribution in [-0.4, -0.2) is 30.6 Å². The topological polar surface area (TPSA) is 112 Å². The Morgan fingerprint density at radius 1 is 1.02 bits per heavy atom. The van der Waals surface area contributed by atoms with E-state index in [0.717, 1.165) is 18.9 Å². The van der Waals surface area contributed by atoms with Gasteiger partial charge in [0, 0.05) is 30.4 Å². The highest BCUT2D eigenvalue weighted by Crippen LogP contribution is 2.31. The molecule has 40 heavy (non-hydrogen) atoms. The maximum absolute atomic E-state index is 14.9. The van der Waals surface area contributed by atoms with Gasteiger partial charge in [-0.15, -0.1) is 0 Å². The van der Waals surface area contributed by atoms with E-state index < -0.39 is 17.3 Å². The summed E-state index contributed by atoms with van der Waals surface area (Å²) in [6.07, 6.45) is 6.56. The lowest BCUT2D eigenvalue weighted by molar-refractivity contribution is -0.117. The van der Waals surface area contributed by atoms with Gasteiger partial charge in [0.2, 0.25) is 5.91 Å². The second kappa shape index (κ2) is 10.2. The number of fused-ring (bicyclic) bond motifs is 1. The number of rotatable bonds is 8. The predicted octanol–water partition coefficient (Wildman–Crippen LogP) is 4.84. The number of imidazole rings is 1. The highest BCUT2D eigenvalue weighted by atomic mass is 19.1. The molecule has 3 aromatic heterocycles. The summed E-state index contributed by atoms with van der Waals surface area (Å²) >= 11 is 0. The van der Waals surface area contributed by atoms with Gasteiger partial charge in [-0.2, -0.15) is 0 Å². The van der Waals surface area contributed by atoms with Gasteiger partial charge in [-0.05, 0) is 56.2 Å². The first kappa shape index (κ1) is 25.1. The number of carbonyl (C=O) groups excluding carboxylic acids is 2. The second-order valence-electron chi connectivity index (χ2n) is 9.47. The Kier molecular flexibility index (Phi) is 6.39. The summed E-state index contributed by atoms with van der Waals surface area (Å²) in [4.78, 5) is 42.4. The monoisotopic (exact) mass is 540 g/mol. The van der Waals surface area contributed by atoms with Crippen LogP contribution in [0, 0.1) is 11.7 Å². The fourth-order valence-corrected chi connectivity index (χ4v) is 4.37. The molecule has 0 radical (unpaired) electrons. The Hall–Kier alpha value is -5.19. The van der Waals surface area contributed by atoms with Crippen LogP contribution in [0.5, 0.6) is 11.5 Å². The van der Waals surface area contributed by atoms with Gasteiger partial charge in [0.25, 0.3) is 11.5 Å². The van der Waals surface area contributed by atoms with Crippen LogP contribution in [0.4, 0.5) is 15.9 Å². The van der Waals surface area contributed by atoms with Crippen LogP contribution in [0.2, 0.25) is 0 Å². The zero-order chi connectivity index (χ0) is 27.8. The Balaban J connectivity index is 1.17. The fraction of sp³-hybridized carbons (Fsp3) is 0.172. The Bertz CT molecular complexity index is 1800. The average Bonchev–Trinajstić information content (AvgIpc) is 3.65. The number of carbonyl (C=O) groups is 2. The summed E-state index contributed by atoms with van der Waals surface area (Å²) in [5, 5.41) is 5.39. The molecule has 2 N–H and O–H groups in total. The Morgan fingerprint density at radius 2 is 1.82 bits per heavy atom. The van der Waals surface area contributed by atoms with E-state index >= 15 is 0 Å². The first-order chi connectivity index (χ1) is 19.4. The SMILES string of the molecule is CCn1cc(C(=O)Nc2ccc(Oc3ccc4nc(NC(=O)C5CC5)cn4c3)c(F)c2)c(=O)n1-c1ccccc1. The zero-order valence-corrected chi connectivity index (χ0v) is 21.5. The normalized spacial score (nSPS) is 12.8. The minimum absolute atomic E-state index is 0.0427. The number of anilines is 2. The van der Waals surface area contributed by atoms with Gasteiger partial charge in [-0.3, -0.25) is 19.1 Å². The number of halogens is 1. The van der Waals surface area contributed by atoms with Crippen LogP contribution in [0.25, 0.3) is 11.3 Å². The smallest absolute Gasteiger partial charge is 0.284 e. The molecule has 0 unspecified atom stereocenters. The molecule has 1 aliphatic carbocycles. The number of aromatic nitrogens is 4. The van der Waals surface area contributed by atoms with Crippen molar-refractivity contribution in [1.29, 1.82) is 0 Å². The number of hydrogen-bond donors (Lipinski definition) is 2. The van der Waals surface area contributed by atoms with Crippen molar-refractivity contribution in [2.45, 2.75) is 26.3 Å². The number of nitrogens with one attached hydrogen (secondary N) is 2. The third kappa shape index (κ3) is 4.96. The van der Waals surface area contributed by atoms with Crippen molar-refractivity contribution in [3.8, 4) is 17.2 Å². The van der Waals surface area contributed by atoms with E-state index in [-0.39, 0.29) is 28.8 Å². The van der Waals surface area contributed by atoms with Gasteiger partial charge in [0.05, 0.1) is 18.1 Å². The van der Waals surface area contributed by atoms with Gasteiger partial charge < -0.3 is 19.8 Å². The highest BCUT2D eigenvalue weighted by molar-refractivity contribution is 6.04. The molecule has 1 saturated carbocycles. The van der Waals surface area contributed by atoms with Crippen LogP contribution in [-0.2, 0) is 11.3 Å². The molecule has 5 aromatic rings. The van der Waals surface area contributed by atoms with E-state index in [1.165, 1.54) is 23.0 Å². The minimum atomic E-state index is -0.700. The van der Waals surface area contributed by atoms with E-state index in [9.17, 15) is 18.8 Å². The third-order valence-electron chi connectivity index (χ3n) is 6.57. The summed E-state index contributed by atoms with van der Waals surface area (Å²) in [5.41, 5.74) is 0.865. The summed E-state index contributed by atoms with van der Waals surface area (Å²) in [6.45, 7) is 2.34. The number of hydrogen-bond acceptors (Lipinski definition) is 5. The molecule has 0 aliphatic heterocycles. The number of nitrogens with zero attached hydrogens (tertiary/aromatic N) is 4. The van der Waals surface area contributed by atoms with Crippen LogP contribution in [0.3, 0.4) is 0 Å². The van der Waals surface area contributed by atoms with Crippen molar-refractivity contribution in [3.63, 3.8) is 0 Å². The van der Waals surface area contributed by atoms with Gasteiger partial charge in [-0.1, -0.05) is 18.2 Å². The van der Waals surface area contributed by atoms with E-state index in [0.29, 0.717) is 29.4 Å². The van der Waals surface area contributed by atoms with E-state index in [1.54, 1.807) is 57.9 Å². The van der Waals surface area contributed by atoms with Gasteiger partial charge >= 0.3 is 0 Å².